The maximum atomic E-state index is 11.7. The topological polar surface area (TPSA) is 77.0 Å². The van der Waals surface area contributed by atoms with Crippen LogP contribution in [-0.4, -0.2) is 31.8 Å². The van der Waals surface area contributed by atoms with Crippen LogP contribution in [0.4, 0.5) is 0 Å². The molecule has 0 aromatic heterocycles. The molecule has 0 spiro atoms. The first-order valence-corrected chi connectivity index (χ1v) is 8.23. The van der Waals surface area contributed by atoms with Gasteiger partial charge in [0, 0.05) is 16.6 Å². The second-order valence-corrected chi connectivity index (χ2v) is 5.85. The molecule has 0 saturated heterocycles. The second-order valence-electron chi connectivity index (χ2n) is 4.99. The molecule has 2 aromatic rings. The van der Waals surface area contributed by atoms with Crippen molar-refractivity contribution in [3.63, 3.8) is 0 Å². The van der Waals surface area contributed by atoms with E-state index in [2.05, 4.69) is 31.1 Å². The van der Waals surface area contributed by atoms with Crippen LogP contribution in [0, 0.1) is 0 Å². The summed E-state index contributed by atoms with van der Waals surface area (Å²) in [5, 5.41) is 6.48. The number of hydrogen-bond donors (Lipinski definition) is 1. The fourth-order valence-electron chi connectivity index (χ4n) is 1.90. The molecule has 2 rings (SSSR count). The predicted molar refractivity (Wildman–Crippen MR) is 97.3 cm³/mol. The molecule has 0 bridgehead atoms. The van der Waals surface area contributed by atoms with E-state index in [0.717, 1.165) is 15.6 Å². The Bertz CT molecular complexity index is 760. The number of esters is 1. The number of carbonyl (C=O) groups excluding carboxylic acids is 2. The lowest BCUT2D eigenvalue weighted by molar-refractivity contribution is -0.125. The highest BCUT2D eigenvalue weighted by Crippen LogP contribution is 2.13. The van der Waals surface area contributed by atoms with Crippen LogP contribution in [-0.2, 0) is 20.9 Å². The Hall–Kier alpha value is -2.67. The van der Waals surface area contributed by atoms with E-state index in [9.17, 15) is 9.59 Å². The minimum absolute atomic E-state index is 0.179. The number of amides is 1. The highest BCUT2D eigenvalue weighted by atomic mass is 79.9. The van der Waals surface area contributed by atoms with E-state index in [1.54, 1.807) is 24.3 Å². The molecule has 0 heterocycles. The Morgan fingerprint density at radius 2 is 1.88 bits per heavy atom. The van der Waals surface area contributed by atoms with E-state index in [4.69, 9.17) is 4.84 Å². The summed E-state index contributed by atoms with van der Waals surface area (Å²) in [5.41, 5.74) is 2.17. The number of methoxy groups -OCH3 is 1. The molecule has 25 heavy (non-hydrogen) atoms. The van der Waals surface area contributed by atoms with Gasteiger partial charge in [-0.3, -0.25) is 4.79 Å². The fourth-order valence-corrected chi connectivity index (χ4v) is 2.29. The van der Waals surface area contributed by atoms with Crippen molar-refractivity contribution in [2.75, 3.05) is 13.7 Å². The molecule has 0 aliphatic carbocycles. The molecule has 0 atom stereocenters. The van der Waals surface area contributed by atoms with Crippen LogP contribution in [0.5, 0.6) is 0 Å². The number of oxime groups is 1. The van der Waals surface area contributed by atoms with Crippen LogP contribution in [0.1, 0.15) is 21.5 Å². The van der Waals surface area contributed by atoms with Gasteiger partial charge < -0.3 is 14.9 Å². The smallest absolute Gasteiger partial charge is 0.337 e. The largest absolute Gasteiger partial charge is 0.465 e. The Labute approximate surface area is 153 Å². The van der Waals surface area contributed by atoms with Crippen molar-refractivity contribution in [1.82, 2.24) is 5.32 Å². The summed E-state index contributed by atoms with van der Waals surface area (Å²) in [6.07, 6.45) is 1.53. The van der Waals surface area contributed by atoms with Gasteiger partial charge in [-0.25, -0.2) is 4.79 Å². The highest BCUT2D eigenvalue weighted by Gasteiger charge is 2.05. The zero-order valence-electron chi connectivity index (χ0n) is 13.6. The number of halogens is 1. The van der Waals surface area contributed by atoms with E-state index in [1.807, 2.05) is 24.3 Å². The van der Waals surface area contributed by atoms with Crippen LogP contribution in [0.3, 0.4) is 0 Å². The molecule has 0 saturated carbocycles. The first-order valence-electron chi connectivity index (χ1n) is 7.44. The third kappa shape index (κ3) is 6.04. The number of carbonyl (C=O) groups is 2. The van der Waals surface area contributed by atoms with Gasteiger partial charge in [-0.2, -0.15) is 0 Å². The van der Waals surface area contributed by atoms with E-state index in [0.29, 0.717) is 12.1 Å². The standard InChI is InChI=1S/C18H17BrN2O4/c1-24-18(23)14-8-6-13(7-9-14)10-20-17(22)12-25-21-11-15-4-2-3-5-16(15)19/h2-9,11H,10,12H2,1H3,(H,20,22)/b21-11-. The molecule has 0 aliphatic heterocycles. The van der Waals surface area contributed by atoms with Gasteiger partial charge in [0.2, 0.25) is 0 Å². The molecule has 1 N–H and O–H groups in total. The monoisotopic (exact) mass is 404 g/mol. The summed E-state index contributed by atoms with van der Waals surface area (Å²) in [6, 6.07) is 14.3. The van der Waals surface area contributed by atoms with Gasteiger partial charge in [0.1, 0.15) is 0 Å². The van der Waals surface area contributed by atoms with Crippen LogP contribution < -0.4 is 5.32 Å². The number of ether oxygens (including phenoxy) is 1. The summed E-state index contributed by atoms with van der Waals surface area (Å²) < 4.78 is 5.52. The average molecular weight is 405 g/mol. The van der Waals surface area contributed by atoms with Crippen molar-refractivity contribution >= 4 is 34.0 Å². The van der Waals surface area contributed by atoms with Gasteiger partial charge in [-0.15, -0.1) is 0 Å². The van der Waals surface area contributed by atoms with Gasteiger partial charge in [0.05, 0.1) is 18.9 Å². The Morgan fingerprint density at radius 3 is 2.56 bits per heavy atom. The predicted octanol–water partition coefficient (Wildman–Crippen LogP) is 2.90. The first-order chi connectivity index (χ1) is 12.1. The molecule has 7 heteroatoms. The van der Waals surface area contributed by atoms with Gasteiger partial charge in [-0.1, -0.05) is 51.4 Å². The van der Waals surface area contributed by atoms with E-state index >= 15 is 0 Å². The van der Waals surface area contributed by atoms with Crippen LogP contribution in [0.25, 0.3) is 0 Å². The lowest BCUT2D eigenvalue weighted by atomic mass is 10.1. The number of hydrogen-bond acceptors (Lipinski definition) is 5. The fraction of sp³-hybridized carbons (Fsp3) is 0.167. The second kappa shape index (κ2) is 9.58. The molecule has 0 fully saturated rings. The lowest BCUT2D eigenvalue weighted by Crippen LogP contribution is -2.26. The first kappa shape index (κ1) is 18.7. The Balaban J connectivity index is 1.74. The summed E-state index contributed by atoms with van der Waals surface area (Å²) in [6.45, 7) is 0.152. The van der Waals surface area contributed by atoms with Crippen molar-refractivity contribution in [3.8, 4) is 0 Å². The molecule has 0 radical (unpaired) electrons. The Morgan fingerprint density at radius 1 is 1.16 bits per heavy atom. The zero-order valence-corrected chi connectivity index (χ0v) is 15.2. The summed E-state index contributed by atoms with van der Waals surface area (Å²) in [5.74, 6) is -0.687. The van der Waals surface area contributed by atoms with Gasteiger partial charge >= 0.3 is 5.97 Å². The quantitative estimate of drug-likeness (QED) is 0.437. The van der Waals surface area contributed by atoms with E-state index < -0.39 is 5.97 Å². The molecule has 0 unspecified atom stereocenters. The molecule has 130 valence electrons. The van der Waals surface area contributed by atoms with Crippen molar-refractivity contribution < 1.29 is 19.2 Å². The number of nitrogens with one attached hydrogen (secondary N) is 1. The highest BCUT2D eigenvalue weighted by molar-refractivity contribution is 9.10. The third-order valence-corrected chi connectivity index (χ3v) is 3.95. The summed E-state index contributed by atoms with van der Waals surface area (Å²) >= 11 is 3.39. The van der Waals surface area contributed by atoms with Crippen LogP contribution >= 0.6 is 15.9 Å². The minimum atomic E-state index is -0.396. The average Bonchev–Trinajstić information content (AvgIpc) is 2.64. The van der Waals surface area contributed by atoms with Crippen molar-refractivity contribution in [3.05, 3.63) is 69.7 Å². The van der Waals surface area contributed by atoms with E-state index in [-0.39, 0.29) is 12.5 Å². The molecule has 2 aromatic carbocycles. The minimum Gasteiger partial charge on any atom is -0.465 e. The molecular weight excluding hydrogens is 388 g/mol. The molecule has 0 aliphatic rings. The zero-order chi connectivity index (χ0) is 18.1. The maximum absolute atomic E-state index is 11.7. The molecule has 1 amide bonds. The van der Waals surface area contributed by atoms with Crippen LogP contribution in [0.15, 0.2) is 58.2 Å². The summed E-state index contributed by atoms with van der Waals surface area (Å²) in [7, 11) is 1.33. The molecule has 6 nitrogen and oxygen atoms in total. The number of benzene rings is 2. The van der Waals surface area contributed by atoms with Crippen molar-refractivity contribution in [1.29, 1.82) is 0 Å². The Kier molecular flexibility index (Phi) is 7.16. The van der Waals surface area contributed by atoms with Crippen molar-refractivity contribution in [2.45, 2.75) is 6.54 Å². The van der Waals surface area contributed by atoms with E-state index in [1.165, 1.54) is 13.3 Å². The van der Waals surface area contributed by atoms with Gasteiger partial charge in [0.15, 0.2) is 6.61 Å². The normalized spacial score (nSPS) is 10.5. The van der Waals surface area contributed by atoms with Crippen LogP contribution in [0.2, 0.25) is 0 Å². The number of nitrogens with zero attached hydrogens (tertiary/aromatic N) is 1. The van der Waals surface area contributed by atoms with Gasteiger partial charge in [0.25, 0.3) is 5.91 Å². The number of rotatable bonds is 7. The summed E-state index contributed by atoms with van der Waals surface area (Å²) in [4.78, 5) is 28.0. The van der Waals surface area contributed by atoms with Gasteiger partial charge in [-0.05, 0) is 23.8 Å². The third-order valence-electron chi connectivity index (χ3n) is 3.23. The maximum Gasteiger partial charge on any atom is 0.337 e. The van der Waals surface area contributed by atoms with Crippen molar-refractivity contribution in [2.24, 2.45) is 5.16 Å². The lowest BCUT2D eigenvalue weighted by Gasteiger charge is -2.05. The molecular formula is C18H17BrN2O4. The SMILES string of the molecule is COC(=O)c1ccc(CNC(=O)CO/N=C\c2ccccc2Br)cc1.